The van der Waals surface area contributed by atoms with Crippen molar-refractivity contribution in [3.8, 4) is 22.6 Å². The van der Waals surface area contributed by atoms with Crippen molar-refractivity contribution < 1.29 is 4.74 Å². The Kier molecular flexibility index (Phi) is 7.19. The molecule has 0 radical (unpaired) electrons. The summed E-state index contributed by atoms with van der Waals surface area (Å²) in [5.41, 5.74) is 13.1. The second-order valence-electron chi connectivity index (χ2n) is 13.3. The van der Waals surface area contributed by atoms with Crippen LogP contribution in [0.3, 0.4) is 0 Å². The average molecular weight is 615 g/mol. The third-order valence-corrected chi connectivity index (χ3v) is 9.07. The number of aromatic nitrogens is 1. The van der Waals surface area contributed by atoms with Crippen LogP contribution in [-0.2, 0) is 0 Å². The van der Waals surface area contributed by atoms with E-state index in [2.05, 4.69) is 163 Å². The Hall–Kier alpha value is -5.52. The lowest BCUT2D eigenvalue weighted by Crippen LogP contribution is -2.28. The molecule has 0 saturated heterocycles. The van der Waals surface area contributed by atoms with Gasteiger partial charge in [-0.3, -0.25) is 9.58 Å². The zero-order valence-corrected chi connectivity index (χ0v) is 27.0. The number of hydrazine groups is 1. The summed E-state index contributed by atoms with van der Waals surface area (Å²) in [6.45, 7) is 8.35. The van der Waals surface area contributed by atoms with Gasteiger partial charge in [0.15, 0.2) is 0 Å². The lowest BCUT2D eigenvalue weighted by molar-refractivity contribution is 0.483. The van der Waals surface area contributed by atoms with E-state index in [0.717, 1.165) is 41.6 Å². The van der Waals surface area contributed by atoms with Crippen molar-refractivity contribution in [1.82, 2.24) is 15.3 Å². The third kappa shape index (κ3) is 5.60. The minimum absolute atomic E-state index is 0.0680. The van der Waals surface area contributed by atoms with Crippen molar-refractivity contribution in [1.29, 1.82) is 0 Å². The number of ether oxygens (including phenoxy) is 1. The number of rotatable bonds is 6. The fourth-order valence-corrected chi connectivity index (χ4v) is 6.56. The standard InChI is InChI=1S/C42H38N4O/c1-42(2,3)33-22-23-43-41(24-33)46-39-15-8-7-14-37(39)38-21-20-36(26-40(38)46)47-35-13-9-12-34(25-35)45-28-32(27-44-45)31-18-16-30(17-19-31)29-10-5-4-6-11-29/h4-22,24-26,28,43-44H,23,27H2,1-3H3. The van der Waals surface area contributed by atoms with E-state index in [4.69, 9.17) is 4.74 Å². The molecule has 47 heavy (non-hydrogen) atoms. The molecule has 1 aromatic heterocycles. The van der Waals surface area contributed by atoms with E-state index >= 15 is 0 Å². The maximum Gasteiger partial charge on any atom is 0.129 e. The summed E-state index contributed by atoms with van der Waals surface area (Å²) < 4.78 is 8.86. The number of anilines is 1. The molecular weight excluding hydrogens is 576 g/mol. The molecule has 0 atom stereocenters. The highest BCUT2D eigenvalue weighted by molar-refractivity contribution is 6.10. The van der Waals surface area contributed by atoms with E-state index in [1.165, 1.54) is 44.1 Å². The minimum atomic E-state index is 0.0680. The molecule has 0 aliphatic carbocycles. The van der Waals surface area contributed by atoms with Crippen LogP contribution in [0.25, 0.3) is 44.3 Å². The van der Waals surface area contributed by atoms with Gasteiger partial charge in [-0.05, 0) is 69.7 Å². The van der Waals surface area contributed by atoms with Gasteiger partial charge in [0, 0.05) is 42.2 Å². The van der Waals surface area contributed by atoms with Crippen LogP contribution in [0.2, 0.25) is 0 Å². The lowest BCUT2D eigenvalue weighted by Gasteiger charge is -2.26. The van der Waals surface area contributed by atoms with Gasteiger partial charge in [0.05, 0.1) is 16.7 Å². The van der Waals surface area contributed by atoms with Crippen LogP contribution in [0.1, 0.15) is 26.3 Å². The Labute approximate surface area is 276 Å². The normalized spacial score (nSPS) is 15.0. The summed E-state index contributed by atoms with van der Waals surface area (Å²) in [6.07, 6.45) is 6.75. The van der Waals surface area contributed by atoms with Crippen molar-refractivity contribution in [2.45, 2.75) is 20.8 Å². The van der Waals surface area contributed by atoms with Crippen LogP contribution in [-0.4, -0.2) is 17.7 Å². The van der Waals surface area contributed by atoms with Gasteiger partial charge in [0.25, 0.3) is 0 Å². The summed E-state index contributed by atoms with van der Waals surface area (Å²) in [5, 5.41) is 8.14. The molecule has 2 aliphatic rings. The molecule has 0 unspecified atom stereocenters. The highest BCUT2D eigenvalue weighted by atomic mass is 16.5. The third-order valence-electron chi connectivity index (χ3n) is 9.07. The fourth-order valence-electron chi connectivity index (χ4n) is 6.56. The molecule has 0 amide bonds. The Morgan fingerprint density at radius 3 is 2.21 bits per heavy atom. The first-order valence-corrected chi connectivity index (χ1v) is 16.3. The predicted octanol–water partition coefficient (Wildman–Crippen LogP) is 9.99. The fraction of sp³-hybridized carbons (Fsp3) is 0.143. The maximum atomic E-state index is 6.53. The first-order chi connectivity index (χ1) is 22.9. The number of allylic oxidation sites excluding steroid dienone is 2. The monoisotopic (exact) mass is 614 g/mol. The maximum absolute atomic E-state index is 6.53. The van der Waals surface area contributed by atoms with E-state index in [1.807, 2.05) is 18.2 Å². The number of hydrogen-bond donors (Lipinski definition) is 2. The van der Waals surface area contributed by atoms with Crippen LogP contribution >= 0.6 is 0 Å². The number of hydrogen-bond acceptors (Lipinski definition) is 4. The van der Waals surface area contributed by atoms with Crippen molar-refractivity contribution >= 4 is 38.9 Å². The molecule has 0 spiro atoms. The molecule has 232 valence electrons. The molecule has 2 N–H and O–H groups in total. The second kappa shape index (κ2) is 11.7. The van der Waals surface area contributed by atoms with Gasteiger partial charge >= 0.3 is 0 Å². The molecule has 0 bridgehead atoms. The first kappa shape index (κ1) is 28.9. The van der Waals surface area contributed by atoms with Crippen LogP contribution in [0, 0.1) is 5.41 Å². The molecule has 2 aliphatic heterocycles. The smallest absolute Gasteiger partial charge is 0.129 e. The van der Waals surface area contributed by atoms with E-state index in [1.54, 1.807) is 0 Å². The summed E-state index contributed by atoms with van der Waals surface area (Å²) in [5.74, 6) is 2.67. The molecule has 5 nitrogen and oxygen atoms in total. The summed E-state index contributed by atoms with van der Waals surface area (Å²) >= 11 is 0. The molecule has 6 aromatic rings. The number of para-hydroxylation sites is 1. The van der Waals surface area contributed by atoms with E-state index in [0.29, 0.717) is 0 Å². The zero-order chi connectivity index (χ0) is 32.0. The molecule has 8 rings (SSSR count). The number of fused-ring (bicyclic) bond motifs is 3. The number of benzene rings is 5. The summed E-state index contributed by atoms with van der Waals surface area (Å²) in [4.78, 5) is 0. The molecule has 5 heteroatoms. The van der Waals surface area contributed by atoms with Gasteiger partial charge in [-0.1, -0.05) is 106 Å². The Morgan fingerprint density at radius 1 is 0.660 bits per heavy atom. The van der Waals surface area contributed by atoms with Gasteiger partial charge in [0.1, 0.15) is 17.3 Å². The molecule has 0 fully saturated rings. The topological polar surface area (TPSA) is 41.5 Å². The predicted molar refractivity (Wildman–Crippen MR) is 196 cm³/mol. The van der Waals surface area contributed by atoms with Gasteiger partial charge < -0.3 is 10.1 Å². The summed E-state index contributed by atoms with van der Waals surface area (Å²) in [6, 6.07) is 42.5. The van der Waals surface area contributed by atoms with Gasteiger partial charge in [-0.2, -0.15) is 0 Å². The highest BCUT2D eigenvalue weighted by Crippen LogP contribution is 2.37. The molecule has 0 saturated carbocycles. The average Bonchev–Trinajstić information content (AvgIpc) is 3.72. The van der Waals surface area contributed by atoms with Crippen molar-refractivity contribution in [3.63, 3.8) is 0 Å². The van der Waals surface area contributed by atoms with Crippen LogP contribution in [0.4, 0.5) is 5.69 Å². The number of nitrogens with one attached hydrogen (secondary N) is 2. The number of nitrogens with zero attached hydrogens (tertiary/aromatic N) is 2. The van der Waals surface area contributed by atoms with Crippen molar-refractivity contribution in [2.75, 3.05) is 18.1 Å². The van der Waals surface area contributed by atoms with Gasteiger partial charge in [-0.25, -0.2) is 5.43 Å². The summed E-state index contributed by atoms with van der Waals surface area (Å²) in [7, 11) is 0. The molecular formula is C42H38N4O. The minimum Gasteiger partial charge on any atom is -0.457 e. The van der Waals surface area contributed by atoms with E-state index < -0.39 is 0 Å². The Bertz CT molecular complexity index is 2200. The van der Waals surface area contributed by atoms with Gasteiger partial charge in [0.2, 0.25) is 0 Å². The Morgan fingerprint density at radius 2 is 1.38 bits per heavy atom. The number of dihydropyridines is 1. The van der Waals surface area contributed by atoms with Crippen LogP contribution in [0.5, 0.6) is 11.5 Å². The van der Waals surface area contributed by atoms with Crippen LogP contribution in [0.15, 0.2) is 145 Å². The molecule has 3 heterocycles. The van der Waals surface area contributed by atoms with Crippen molar-refractivity contribution in [3.05, 3.63) is 151 Å². The first-order valence-electron chi connectivity index (χ1n) is 16.3. The largest absolute Gasteiger partial charge is 0.457 e. The second-order valence-corrected chi connectivity index (χ2v) is 13.3. The van der Waals surface area contributed by atoms with E-state index in [9.17, 15) is 0 Å². The SMILES string of the molecule is CC(C)(C)C1=CCNC(n2c3ccccc3c3ccc(Oc4cccc(N5C=C(c6ccc(-c7ccccc7)cc6)CN5)c4)cc32)=C1. The zero-order valence-electron chi connectivity index (χ0n) is 27.0. The van der Waals surface area contributed by atoms with E-state index in [-0.39, 0.29) is 5.41 Å². The highest BCUT2D eigenvalue weighted by Gasteiger charge is 2.21. The molecule has 5 aromatic carbocycles. The van der Waals surface area contributed by atoms with Crippen molar-refractivity contribution in [2.24, 2.45) is 5.41 Å². The Balaban J connectivity index is 1.07. The van der Waals surface area contributed by atoms with Gasteiger partial charge in [-0.15, -0.1) is 0 Å². The lowest BCUT2D eigenvalue weighted by atomic mass is 9.85. The quantitative estimate of drug-likeness (QED) is 0.196. The van der Waals surface area contributed by atoms with Crippen LogP contribution < -0.4 is 20.5 Å².